The zero-order chi connectivity index (χ0) is 12.6. The van der Waals surface area contributed by atoms with E-state index < -0.39 is 30.4 Å². The lowest BCUT2D eigenvalue weighted by molar-refractivity contribution is -0.104. The smallest absolute Gasteiger partial charge is 0.408 e. The van der Waals surface area contributed by atoms with Crippen molar-refractivity contribution < 1.29 is 28.5 Å². The maximum absolute atomic E-state index is 13.5. The number of cyclic esters (lactones) is 1. The van der Waals surface area contributed by atoms with E-state index in [1.807, 2.05) is 5.32 Å². The van der Waals surface area contributed by atoms with Gasteiger partial charge in [0.05, 0.1) is 0 Å². The fourth-order valence-corrected chi connectivity index (χ4v) is 1.59. The van der Waals surface area contributed by atoms with E-state index in [1.165, 1.54) is 0 Å². The summed E-state index contributed by atoms with van der Waals surface area (Å²) in [6.45, 7) is -1.05. The van der Waals surface area contributed by atoms with E-state index in [0.717, 1.165) is 18.2 Å². The summed E-state index contributed by atoms with van der Waals surface area (Å²) >= 11 is 0. The number of alkyl carbamates (subject to hydrolysis) is 1. The molecule has 0 unspecified atom stereocenters. The number of benzene rings is 1. The molecule has 0 bridgehead atoms. The number of hydrogen-bond donors (Lipinski definition) is 3. The number of rotatable bonds is 1. The van der Waals surface area contributed by atoms with Crippen LogP contribution in [0.3, 0.4) is 0 Å². The van der Waals surface area contributed by atoms with Crippen molar-refractivity contribution in [1.82, 2.24) is 5.32 Å². The molecule has 3 N–H and O–H groups in total. The van der Waals surface area contributed by atoms with E-state index in [2.05, 4.69) is 4.74 Å². The first-order valence-electron chi connectivity index (χ1n) is 4.73. The highest BCUT2D eigenvalue weighted by molar-refractivity contribution is 5.85. The van der Waals surface area contributed by atoms with Crippen molar-refractivity contribution in [2.45, 2.75) is 12.0 Å². The van der Waals surface area contributed by atoms with Crippen molar-refractivity contribution in [2.75, 3.05) is 6.61 Å². The first-order valence-corrected chi connectivity index (χ1v) is 4.73. The Morgan fingerprint density at radius 3 is 2.67 bits per heavy atom. The van der Waals surface area contributed by atoms with Crippen molar-refractivity contribution in [3.63, 3.8) is 0 Å². The van der Waals surface area contributed by atoms with E-state index >= 15 is 0 Å². The van der Waals surface area contributed by atoms with Gasteiger partial charge in [-0.05, 0) is 12.1 Å². The number of amides is 1. The van der Waals surface area contributed by atoms with Crippen LogP contribution in [0.2, 0.25) is 0 Å². The topological polar surface area (TPSA) is 78.8 Å². The molecule has 1 saturated heterocycles. The lowest BCUT2D eigenvalue weighted by Gasteiger charge is -2.32. The van der Waals surface area contributed by atoms with E-state index in [4.69, 9.17) is 5.11 Å². The van der Waals surface area contributed by atoms with Gasteiger partial charge in [0.2, 0.25) is 0 Å². The molecule has 0 aliphatic carbocycles. The number of carbonyl (C=O) groups excluding carboxylic acids is 1. The third-order valence-electron chi connectivity index (χ3n) is 2.41. The molecule has 0 aromatic heterocycles. The van der Waals surface area contributed by atoms with Crippen LogP contribution in [-0.2, 0) is 4.74 Å². The molecule has 5 nitrogen and oxygen atoms in total. The molecule has 1 atom stereocenters. The van der Waals surface area contributed by atoms with Crippen LogP contribution in [0.5, 0.6) is 11.5 Å². The van der Waals surface area contributed by atoms with Gasteiger partial charge in [-0.1, -0.05) is 0 Å². The molecule has 2 rings (SSSR count). The number of carbonyl (C=O) groups is 1. The largest absolute Gasteiger partial charge is 0.508 e. The molecule has 1 aliphatic heterocycles. The molecule has 8 heteroatoms. The predicted octanol–water partition coefficient (Wildman–Crippen LogP) is 1.94. The maximum Gasteiger partial charge on any atom is 0.408 e. The van der Waals surface area contributed by atoms with E-state index in [0.29, 0.717) is 0 Å². The number of alkyl halides is 2. The standard InChI is InChI=1S/C10H9F2NO4.ClH/c11-10(12)4-17-9(16)13-8(10)6-2-1-5(14)3-7(6)15;/h1-3,8,14-15H,4H2,(H,13,16);1H/t8-;/m1./s1. The van der Waals surface area contributed by atoms with Crippen LogP contribution in [0, 0.1) is 0 Å². The number of aromatic hydroxyl groups is 2. The van der Waals surface area contributed by atoms with Gasteiger partial charge in [-0.15, -0.1) is 12.4 Å². The van der Waals surface area contributed by atoms with Gasteiger partial charge in [0.25, 0.3) is 0 Å². The Morgan fingerprint density at radius 2 is 2.06 bits per heavy atom. The summed E-state index contributed by atoms with van der Waals surface area (Å²) in [5.74, 6) is -4.10. The molecule has 1 fully saturated rings. The van der Waals surface area contributed by atoms with E-state index in [-0.39, 0.29) is 23.7 Å². The van der Waals surface area contributed by atoms with Crippen molar-refractivity contribution in [1.29, 1.82) is 0 Å². The molecular weight excluding hydrogens is 272 g/mol. The van der Waals surface area contributed by atoms with Crippen LogP contribution in [0.4, 0.5) is 13.6 Å². The number of hydrogen-bond acceptors (Lipinski definition) is 4. The monoisotopic (exact) mass is 281 g/mol. The molecule has 1 heterocycles. The average Bonchev–Trinajstić information content (AvgIpc) is 2.23. The average molecular weight is 282 g/mol. The van der Waals surface area contributed by atoms with Gasteiger partial charge in [-0.3, -0.25) is 0 Å². The van der Waals surface area contributed by atoms with Crippen molar-refractivity contribution in [3.8, 4) is 11.5 Å². The first-order chi connectivity index (χ1) is 7.90. The van der Waals surface area contributed by atoms with Crippen LogP contribution < -0.4 is 5.32 Å². The summed E-state index contributed by atoms with van der Waals surface area (Å²) < 4.78 is 31.2. The Morgan fingerprint density at radius 1 is 1.39 bits per heavy atom. The summed E-state index contributed by atoms with van der Waals surface area (Å²) in [5.41, 5.74) is -0.176. The normalized spacial score (nSPS) is 21.4. The third-order valence-corrected chi connectivity index (χ3v) is 2.41. The van der Waals surface area contributed by atoms with Crippen LogP contribution in [0.25, 0.3) is 0 Å². The number of halogens is 3. The lowest BCUT2D eigenvalue weighted by atomic mass is 9.99. The summed E-state index contributed by atoms with van der Waals surface area (Å²) in [7, 11) is 0. The first kappa shape index (κ1) is 14.3. The summed E-state index contributed by atoms with van der Waals surface area (Å²) in [6, 6.07) is 1.51. The predicted molar refractivity (Wildman–Crippen MR) is 59.2 cm³/mol. The quantitative estimate of drug-likeness (QED) is 0.735. The third kappa shape index (κ3) is 2.56. The van der Waals surface area contributed by atoms with Crippen LogP contribution in [0.1, 0.15) is 11.6 Å². The highest BCUT2D eigenvalue weighted by Crippen LogP contribution is 2.39. The number of ether oxygens (including phenoxy) is 1. The molecule has 0 saturated carbocycles. The fourth-order valence-electron chi connectivity index (χ4n) is 1.59. The van der Waals surface area contributed by atoms with Crippen molar-refractivity contribution >= 4 is 18.5 Å². The number of phenols is 2. The van der Waals surface area contributed by atoms with Crippen LogP contribution in [-0.4, -0.2) is 28.8 Å². The van der Waals surface area contributed by atoms with E-state index in [9.17, 15) is 18.7 Å². The minimum atomic E-state index is -3.33. The summed E-state index contributed by atoms with van der Waals surface area (Å²) in [5, 5.41) is 20.5. The second kappa shape index (κ2) is 4.85. The number of nitrogens with one attached hydrogen (secondary N) is 1. The molecule has 1 amide bonds. The Labute approximate surface area is 107 Å². The Kier molecular flexibility index (Phi) is 3.85. The molecule has 100 valence electrons. The molecular formula is C10H10ClF2NO4. The highest BCUT2D eigenvalue weighted by Gasteiger charge is 2.47. The molecule has 1 aromatic rings. The summed E-state index contributed by atoms with van der Waals surface area (Å²) in [6.07, 6.45) is -0.978. The van der Waals surface area contributed by atoms with Gasteiger partial charge in [0.1, 0.15) is 17.5 Å². The van der Waals surface area contributed by atoms with Crippen LogP contribution >= 0.6 is 12.4 Å². The lowest BCUT2D eigenvalue weighted by Crippen LogP contribution is -2.49. The second-order valence-electron chi connectivity index (χ2n) is 3.66. The molecule has 0 spiro atoms. The van der Waals surface area contributed by atoms with Crippen molar-refractivity contribution in [3.05, 3.63) is 23.8 Å². The Balaban J connectivity index is 0.00000162. The Hall–Kier alpha value is -1.76. The van der Waals surface area contributed by atoms with E-state index in [1.54, 1.807) is 0 Å². The zero-order valence-electron chi connectivity index (χ0n) is 8.89. The molecule has 1 aromatic carbocycles. The molecule has 18 heavy (non-hydrogen) atoms. The fraction of sp³-hybridized carbons (Fsp3) is 0.300. The Bertz CT molecular complexity index is 469. The van der Waals surface area contributed by atoms with Gasteiger partial charge in [0.15, 0.2) is 6.61 Å². The minimum Gasteiger partial charge on any atom is -0.508 e. The minimum absolute atomic E-state index is 0. The second-order valence-corrected chi connectivity index (χ2v) is 3.66. The van der Waals surface area contributed by atoms with Crippen LogP contribution in [0.15, 0.2) is 18.2 Å². The maximum atomic E-state index is 13.5. The molecule has 0 radical (unpaired) electrons. The van der Waals surface area contributed by atoms with Gasteiger partial charge >= 0.3 is 12.0 Å². The van der Waals surface area contributed by atoms with Crippen molar-refractivity contribution in [2.24, 2.45) is 0 Å². The summed E-state index contributed by atoms with van der Waals surface area (Å²) in [4.78, 5) is 10.9. The number of phenolic OH excluding ortho intramolecular Hbond substituents is 2. The SMILES string of the molecule is Cl.O=C1N[C@H](c2ccc(O)cc2O)C(F)(F)CO1. The van der Waals surface area contributed by atoms with Gasteiger partial charge in [-0.25, -0.2) is 13.6 Å². The van der Waals surface area contributed by atoms with Gasteiger partial charge in [-0.2, -0.15) is 0 Å². The highest BCUT2D eigenvalue weighted by atomic mass is 35.5. The zero-order valence-corrected chi connectivity index (χ0v) is 9.71. The van der Waals surface area contributed by atoms with Gasteiger partial charge in [0, 0.05) is 11.6 Å². The van der Waals surface area contributed by atoms with Gasteiger partial charge < -0.3 is 20.3 Å². The molecule has 1 aliphatic rings.